The fourth-order valence-electron chi connectivity index (χ4n) is 2.77. The molecule has 0 spiro atoms. The summed E-state index contributed by atoms with van der Waals surface area (Å²) in [6.45, 7) is 4.80. The number of halogens is 1. The maximum absolute atomic E-state index is 12.1. The van der Waals surface area contributed by atoms with Gasteiger partial charge in [-0.1, -0.05) is 11.8 Å². The van der Waals surface area contributed by atoms with Crippen molar-refractivity contribution in [1.29, 1.82) is 0 Å². The molecule has 0 aliphatic carbocycles. The summed E-state index contributed by atoms with van der Waals surface area (Å²) in [4.78, 5) is 37.4. The van der Waals surface area contributed by atoms with Gasteiger partial charge in [-0.3, -0.25) is 24.2 Å². The number of hydrogen-bond donors (Lipinski definition) is 4. The van der Waals surface area contributed by atoms with Crippen molar-refractivity contribution in [2.45, 2.75) is 57.0 Å². The second-order valence-electron chi connectivity index (χ2n) is 6.98. The van der Waals surface area contributed by atoms with Gasteiger partial charge < -0.3 is 24.2 Å². The van der Waals surface area contributed by atoms with Crippen LogP contribution in [0.3, 0.4) is 0 Å². The Morgan fingerprint density at radius 1 is 1.52 bits per heavy atom. The minimum absolute atomic E-state index is 0.238. The Balaban J connectivity index is 2.11. The van der Waals surface area contributed by atoms with Gasteiger partial charge in [0.25, 0.3) is 5.56 Å². The number of H-pyrrole nitrogens is 1. The van der Waals surface area contributed by atoms with Crippen LogP contribution in [0.15, 0.2) is 21.9 Å². The van der Waals surface area contributed by atoms with Crippen LogP contribution in [-0.2, 0) is 30.6 Å². The first-order valence-corrected chi connectivity index (χ1v) is 12.8. The van der Waals surface area contributed by atoms with Crippen LogP contribution in [0.2, 0.25) is 0 Å². The Bertz CT molecular complexity index is 1010. The minimum Gasteiger partial charge on any atom is -0.462 e. The van der Waals surface area contributed by atoms with E-state index >= 15 is 0 Å². The van der Waals surface area contributed by atoms with Crippen LogP contribution >= 0.6 is 29.7 Å². The molecule has 31 heavy (non-hydrogen) atoms. The summed E-state index contributed by atoms with van der Waals surface area (Å²) in [6, 6.07) is 0.377. The van der Waals surface area contributed by atoms with Gasteiger partial charge in [-0.25, -0.2) is 4.79 Å². The SMILES string of the molecule is CC(C)OC(=O)[C@H](C)N[PH](=S)OC[C@H]1O[C@@H](n2ccc(=O)[nH]c2=O)[C@@](O)(C#CI)[C@@H]1O. The van der Waals surface area contributed by atoms with E-state index in [1.807, 2.05) is 0 Å². The number of aliphatic hydroxyl groups excluding tert-OH is 1. The van der Waals surface area contributed by atoms with E-state index in [2.05, 4.69) is 19.9 Å². The van der Waals surface area contributed by atoms with Gasteiger partial charge in [0, 0.05) is 34.9 Å². The molecule has 0 amide bonds. The highest BCUT2D eigenvalue weighted by atomic mass is 127. The third-order valence-electron chi connectivity index (χ3n) is 4.25. The largest absolute Gasteiger partial charge is 0.462 e. The van der Waals surface area contributed by atoms with Gasteiger partial charge in [0.1, 0.15) is 25.3 Å². The zero-order chi connectivity index (χ0) is 23.3. The lowest BCUT2D eigenvalue weighted by atomic mass is 9.95. The molecule has 0 saturated carbocycles. The van der Waals surface area contributed by atoms with E-state index in [4.69, 9.17) is 25.8 Å². The molecule has 1 fully saturated rings. The lowest BCUT2D eigenvalue weighted by Gasteiger charge is -2.26. The summed E-state index contributed by atoms with van der Waals surface area (Å²) in [7, 11) is -2.12. The van der Waals surface area contributed by atoms with Crippen LogP contribution in [-0.4, -0.2) is 62.3 Å². The van der Waals surface area contributed by atoms with E-state index < -0.39 is 54.4 Å². The third kappa shape index (κ3) is 6.45. The lowest BCUT2D eigenvalue weighted by Crippen LogP contribution is -2.48. The number of esters is 1. The number of aliphatic hydroxyl groups is 2. The van der Waals surface area contributed by atoms with Crippen molar-refractivity contribution >= 4 is 47.4 Å². The maximum atomic E-state index is 12.1. The summed E-state index contributed by atoms with van der Waals surface area (Å²) in [5, 5.41) is 24.4. The highest BCUT2D eigenvalue weighted by Gasteiger charge is 2.56. The topological polar surface area (TPSA) is 152 Å². The molecule has 0 aromatic carbocycles. The molecule has 4 N–H and O–H groups in total. The predicted molar refractivity (Wildman–Crippen MR) is 123 cm³/mol. The molecule has 14 heteroatoms. The number of carbonyl (C=O) groups excluding carboxylic acids is 1. The fourth-order valence-corrected chi connectivity index (χ4v) is 4.81. The number of rotatable bonds is 8. The number of hydrogen-bond acceptors (Lipinski definition) is 9. The Kier molecular flexibility index (Phi) is 9.41. The average Bonchev–Trinajstić information content (AvgIpc) is 2.91. The van der Waals surface area contributed by atoms with Crippen molar-refractivity contribution in [3.63, 3.8) is 0 Å². The molecular formula is C17H23IN3O8PS. The smallest absolute Gasteiger partial charge is 0.330 e. The third-order valence-corrected chi connectivity index (χ3v) is 6.33. The first-order valence-electron chi connectivity index (χ1n) is 9.13. The summed E-state index contributed by atoms with van der Waals surface area (Å²) in [6.07, 6.45) is -3.18. The minimum atomic E-state index is -2.15. The van der Waals surface area contributed by atoms with Crippen molar-refractivity contribution in [3.8, 4) is 9.85 Å². The predicted octanol–water partition coefficient (Wildman–Crippen LogP) is -0.626. The second kappa shape index (κ2) is 11.2. The van der Waals surface area contributed by atoms with Gasteiger partial charge in [-0.2, -0.15) is 0 Å². The van der Waals surface area contributed by atoms with E-state index in [9.17, 15) is 24.6 Å². The molecular weight excluding hydrogens is 564 g/mol. The van der Waals surface area contributed by atoms with Crippen molar-refractivity contribution in [2.75, 3.05) is 6.61 Å². The van der Waals surface area contributed by atoms with Gasteiger partial charge in [-0.05, 0) is 30.6 Å². The molecule has 1 saturated heterocycles. The summed E-state index contributed by atoms with van der Waals surface area (Å²) < 4.78 is 19.7. The number of aromatic amines is 1. The molecule has 1 aliphatic heterocycles. The second-order valence-corrected chi connectivity index (χ2v) is 9.79. The molecule has 1 aromatic heterocycles. The van der Waals surface area contributed by atoms with Crippen LogP contribution < -0.4 is 16.3 Å². The molecule has 6 atom stereocenters. The molecule has 1 aromatic rings. The van der Waals surface area contributed by atoms with E-state index in [1.165, 1.54) is 0 Å². The average molecular weight is 587 g/mol. The number of carbonyl (C=O) groups is 1. The van der Waals surface area contributed by atoms with E-state index in [0.717, 1.165) is 16.8 Å². The van der Waals surface area contributed by atoms with E-state index in [0.29, 0.717) is 0 Å². The molecule has 0 radical (unpaired) electrons. The van der Waals surface area contributed by atoms with Crippen LogP contribution in [0.4, 0.5) is 0 Å². The molecule has 11 nitrogen and oxygen atoms in total. The van der Waals surface area contributed by atoms with Gasteiger partial charge in [0.15, 0.2) is 11.8 Å². The number of nitrogens with one attached hydrogen (secondary N) is 2. The maximum Gasteiger partial charge on any atom is 0.330 e. The van der Waals surface area contributed by atoms with Gasteiger partial charge in [-0.15, -0.1) is 0 Å². The van der Waals surface area contributed by atoms with Crippen molar-refractivity contribution in [2.24, 2.45) is 0 Å². The standard InChI is InChI=1S/C17H23IN3O8PS/c1-9(2)28-14(24)10(3)20-30(31)27-8-11-13(23)17(26,5-6-18)15(29-11)21-7-4-12(22)19-16(21)25/h4,7,9-11,13,15,23,26,30H,8H2,1-3H3,(H,20,31)(H,19,22,25)/t10-,11+,13+,15+,17+/m0/s1. The molecule has 2 heterocycles. The molecule has 1 unspecified atom stereocenters. The van der Waals surface area contributed by atoms with E-state index in [-0.39, 0.29) is 12.7 Å². The quantitative estimate of drug-likeness (QED) is 0.134. The number of ether oxygens (including phenoxy) is 2. The van der Waals surface area contributed by atoms with Crippen LogP contribution in [0.25, 0.3) is 0 Å². The van der Waals surface area contributed by atoms with Gasteiger partial charge >= 0.3 is 11.7 Å². The summed E-state index contributed by atoms with van der Waals surface area (Å²) >= 11 is 6.90. The summed E-state index contributed by atoms with van der Waals surface area (Å²) in [5.41, 5.74) is -3.61. The Morgan fingerprint density at radius 3 is 2.77 bits per heavy atom. The highest BCUT2D eigenvalue weighted by Crippen LogP contribution is 2.38. The molecule has 2 rings (SSSR count). The lowest BCUT2D eigenvalue weighted by molar-refractivity contribution is -0.148. The zero-order valence-electron chi connectivity index (χ0n) is 16.8. The van der Waals surface area contributed by atoms with Gasteiger partial charge in [0.2, 0.25) is 0 Å². The molecule has 0 bridgehead atoms. The number of nitrogens with zero attached hydrogens (tertiary/aromatic N) is 1. The zero-order valence-corrected chi connectivity index (χ0v) is 20.8. The fraction of sp³-hybridized carbons (Fsp3) is 0.588. The highest BCUT2D eigenvalue weighted by molar-refractivity contribution is 14.1. The molecule has 1 aliphatic rings. The van der Waals surface area contributed by atoms with Crippen molar-refractivity contribution in [1.82, 2.24) is 14.6 Å². The molecule has 172 valence electrons. The number of aromatic nitrogens is 2. The Hall–Kier alpha value is -1.11. The van der Waals surface area contributed by atoms with Gasteiger partial charge in [0.05, 0.1) is 12.7 Å². The van der Waals surface area contributed by atoms with Crippen LogP contribution in [0, 0.1) is 9.85 Å². The normalized spacial score (nSPS) is 27.4. The first kappa shape index (κ1) is 26.1. The van der Waals surface area contributed by atoms with Crippen LogP contribution in [0.1, 0.15) is 27.0 Å². The van der Waals surface area contributed by atoms with Crippen molar-refractivity contribution < 1.29 is 29.0 Å². The monoisotopic (exact) mass is 587 g/mol. The van der Waals surface area contributed by atoms with Crippen molar-refractivity contribution in [3.05, 3.63) is 33.1 Å². The Morgan fingerprint density at radius 2 is 2.19 bits per heavy atom. The Labute approximate surface area is 197 Å². The first-order chi connectivity index (χ1) is 14.5. The van der Waals surface area contributed by atoms with E-state index in [1.54, 1.807) is 43.4 Å². The van der Waals surface area contributed by atoms with Crippen LogP contribution in [0.5, 0.6) is 0 Å². The summed E-state index contributed by atoms with van der Waals surface area (Å²) in [5.74, 6) is 1.98.